The molecule has 1 aliphatic rings. The van der Waals surface area contributed by atoms with Crippen molar-refractivity contribution in [2.24, 2.45) is 5.10 Å². The number of allylic oxidation sites excluding steroid dienone is 1. The number of hydrogen-bond acceptors (Lipinski definition) is 3. The third-order valence-electron chi connectivity index (χ3n) is 5.79. The number of aryl methyl sites for hydroxylation is 1. The molecule has 1 heterocycles. The number of alkyl halides is 3. The Morgan fingerprint density at radius 3 is 2.52 bits per heavy atom. The van der Waals surface area contributed by atoms with E-state index in [0.717, 1.165) is 28.8 Å². The van der Waals surface area contributed by atoms with E-state index in [1.54, 1.807) is 6.21 Å². The fraction of sp³-hybridized carbons (Fsp3) is 0.385. The van der Waals surface area contributed by atoms with E-state index < -0.39 is 17.6 Å². The van der Waals surface area contributed by atoms with Crippen LogP contribution < -0.4 is 10.3 Å². The number of rotatable bonds is 5. The molecule has 0 saturated heterocycles. The van der Waals surface area contributed by atoms with Gasteiger partial charge in [0.1, 0.15) is 0 Å². The minimum Gasteiger partial charge on any atom is -0.360 e. The Morgan fingerprint density at radius 2 is 1.88 bits per heavy atom. The summed E-state index contributed by atoms with van der Waals surface area (Å²) in [6, 6.07) is 9.26. The highest BCUT2D eigenvalue weighted by Crippen LogP contribution is 2.41. The standard InChI is InChI=1S/C26H30F3N3O/c1-16(2)32-23-10-17(3)20(13-22(23)18(4)14-25(32,5)6)15-30-31-24(33)12-19-8-7-9-21(11-19)26(27,28)29/h7-11,13-16H,12H2,1-6H3,(H,31,33)/b30-15+. The summed E-state index contributed by atoms with van der Waals surface area (Å²) in [4.78, 5) is 14.6. The lowest BCUT2D eigenvalue weighted by Gasteiger charge is -2.46. The Balaban J connectivity index is 1.76. The van der Waals surface area contributed by atoms with E-state index in [4.69, 9.17) is 0 Å². The summed E-state index contributed by atoms with van der Waals surface area (Å²) in [7, 11) is 0. The van der Waals surface area contributed by atoms with Crippen LogP contribution in [0.1, 0.15) is 62.4 Å². The number of fused-ring (bicyclic) bond motifs is 1. The fourth-order valence-corrected chi connectivity index (χ4v) is 4.55. The number of nitrogens with one attached hydrogen (secondary N) is 1. The summed E-state index contributed by atoms with van der Waals surface area (Å²) in [5.74, 6) is -0.481. The summed E-state index contributed by atoms with van der Waals surface area (Å²) in [5.41, 5.74) is 7.15. The Labute approximate surface area is 193 Å². The molecule has 4 nitrogen and oxygen atoms in total. The molecule has 7 heteroatoms. The SMILES string of the molecule is CC1=CC(C)(C)N(C(C)C)c2cc(C)c(/C=N/NC(=O)Cc3cccc(C(F)(F)F)c3)cc21. The van der Waals surface area contributed by atoms with Crippen LogP contribution >= 0.6 is 0 Å². The summed E-state index contributed by atoms with van der Waals surface area (Å²) < 4.78 is 38.6. The maximum absolute atomic E-state index is 12.9. The quantitative estimate of drug-likeness (QED) is 0.434. The number of carbonyl (C=O) groups is 1. The van der Waals surface area contributed by atoms with Crippen LogP contribution in [0.25, 0.3) is 5.57 Å². The van der Waals surface area contributed by atoms with Gasteiger partial charge in [0.25, 0.3) is 0 Å². The molecule has 0 saturated carbocycles. The van der Waals surface area contributed by atoms with Crippen molar-refractivity contribution in [3.8, 4) is 0 Å². The van der Waals surface area contributed by atoms with Gasteiger partial charge in [-0.2, -0.15) is 18.3 Å². The number of carbonyl (C=O) groups excluding carboxylic acids is 1. The molecular weight excluding hydrogens is 427 g/mol. The van der Waals surface area contributed by atoms with Gasteiger partial charge in [-0.25, -0.2) is 5.43 Å². The van der Waals surface area contributed by atoms with Crippen LogP contribution in [-0.4, -0.2) is 23.7 Å². The van der Waals surface area contributed by atoms with Crippen LogP contribution in [0.3, 0.4) is 0 Å². The van der Waals surface area contributed by atoms with Crippen molar-refractivity contribution >= 4 is 23.4 Å². The Morgan fingerprint density at radius 1 is 1.18 bits per heavy atom. The van der Waals surface area contributed by atoms with Crippen molar-refractivity contribution in [1.82, 2.24) is 5.43 Å². The van der Waals surface area contributed by atoms with Crippen molar-refractivity contribution in [1.29, 1.82) is 0 Å². The third-order valence-corrected chi connectivity index (χ3v) is 5.79. The molecule has 1 aliphatic heterocycles. The zero-order chi connectivity index (χ0) is 24.6. The van der Waals surface area contributed by atoms with Crippen molar-refractivity contribution in [2.45, 2.75) is 65.7 Å². The number of nitrogens with zero attached hydrogens (tertiary/aromatic N) is 2. The molecule has 1 amide bonds. The predicted octanol–water partition coefficient (Wildman–Crippen LogP) is 6.12. The Hall–Kier alpha value is -3.09. The molecule has 33 heavy (non-hydrogen) atoms. The van der Waals surface area contributed by atoms with E-state index >= 15 is 0 Å². The molecule has 2 aromatic rings. The van der Waals surface area contributed by atoms with Gasteiger partial charge < -0.3 is 4.90 Å². The molecule has 0 unspecified atom stereocenters. The highest BCUT2D eigenvalue weighted by Gasteiger charge is 2.33. The maximum Gasteiger partial charge on any atom is 0.416 e. The molecule has 0 bridgehead atoms. The average molecular weight is 458 g/mol. The first kappa shape index (κ1) is 24.6. The van der Waals surface area contributed by atoms with Crippen molar-refractivity contribution in [3.05, 3.63) is 70.3 Å². The number of benzene rings is 2. The van der Waals surface area contributed by atoms with Gasteiger partial charge in [-0.1, -0.05) is 24.3 Å². The van der Waals surface area contributed by atoms with Gasteiger partial charge in [0, 0.05) is 17.3 Å². The van der Waals surface area contributed by atoms with Crippen molar-refractivity contribution < 1.29 is 18.0 Å². The second-order valence-corrected chi connectivity index (χ2v) is 9.34. The van der Waals surface area contributed by atoms with E-state index in [1.165, 1.54) is 23.4 Å². The molecular formula is C26H30F3N3O. The van der Waals surface area contributed by atoms with Crippen LogP contribution in [0.2, 0.25) is 0 Å². The number of hydrogen-bond donors (Lipinski definition) is 1. The molecule has 0 atom stereocenters. The van der Waals surface area contributed by atoms with Crippen molar-refractivity contribution in [2.75, 3.05) is 4.90 Å². The zero-order valence-electron chi connectivity index (χ0n) is 19.8. The second kappa shape index (κ2) is 9.04. The Bertz CT molecular complexity index is 1110. The van der Waals surface area contributed by atoms with Gasteiger partial charge in [-0.15, -0.1) is 0 Å². The molecule has 0 aromatic heterocycles. The topological polar surface area (TPSA) is 44.7 Å². The van der Waals surface area contributed by atoms with E-state index in [9.17, 15) is 18.0 Å². The monoisotopic (exact) mass is 457 g/mol. The number of hydrazone groups is 1. The smallest absolute Gasteiger partial charge is 0.360 e. The minimum absolute atomic E-state index is 0.106. The van der Waals surface area contributed by atoms with Crippen LogP contribution in [0.4, 0.5) is 18.9 Å². The van der Waals surface area contributed by atoms with E-state index in [-0.39, 0.29) is 17.5 Å². The molecule has 3 rings (SSSR count). The summed E-state index contributed by atoms with van der Waals surface area (Å²) in [6.07, 6.45) is -0.804. The van der Waals surface area contributed by atoms with Gasteiger partial charge in [-0.05, 0) is 82.0 Å². The van der Waals surface area contributed by atoms with E-state index in [1.807, 2.05) is 6.92 Å². The minimum atomic E-state index is -4.44. The van der Waals surface area contributed by atoms with Crippen LogP contribution in [0.15, 0.2) is 47.6 Å². The fourth-order valence-electron chi connectivity index (χ4n) is 4.55. The molecule has 0 fully saturated rings. The average Bonchev–Trinajstić information content (AvgIpc) is 2.67. The number of amides is 1. The first-order valence-corrected chi connectivity index (χ1v) is 10.9. The third kappa shape index (κ3) is 5.46. The lowest BCUT2D eigenvalue weighted by molar-refractivity contribution is -0.137. The molecule has 0 spiro atoms. The zero-order valence-corrected chi connectivity index (χ0v) is 19.8. The Kier molecular flexibility index (Phi) is 6.73. The molecule has 0 aliphatic carbocycles. The van der Waals surface area contributed by atoms with E-state index in [2.05, 4.69) is 68.3 Å². The second-order valence-electron chi connectivity index (χ2n) is 9.34. The normalized spacial score (nSPS) is 15.6. The van der Waals surface area contributed by atoms with Crippen LogP contribution in [0, 0.1) is 6.92 Å². The van der Waals surface area contributed by atoms with E-state index in [0.29, 0.717) is 6.04 Å². The van der Waals surface area contributed by atoms with Gasteiger partial charge in [0.05, 0.1) is 23.7 Å². The lowest BCUT2D eigenvalue weighted by Crippen LogP contribution is -2.49. The van der Waals surface area contributed by atoms with Gasteiger partial charge in [0.15, 0.2) is 0 Å². The molecule has 176 valence electrons. The predicted molar refractivity (Wildman–Crippen MR) is 127 cm³/mol. The highest BCUT2D eigenvalue weighted by molar-refractivity contribution is 5.90. The van der Waals surface area contributed by atoms with Gasteiger partial charge >= 0.3 is 6.18 Å². The maximum atomic E-state index is 12.9. The van der Waals surface area contributed by atoms with Gasteiger partial charge in [-0.3, -0.25) is 4.79 Å². The van der Waals surface area contributed by atoms with Crippen LogP contribution in [-0.2, 0) is 17.4 Å². The van der Waals surface area contributed by atoms with Crippen LogP contribution in [0.5, 0.6) is 0 Å². The first-order valence-electron chi connectivity index (χ1n) is 10.9. The molecule has 0 radical (unpaired) electrons. The first-order chi connectivity index (χ1) is 15.3. The van der Waals surface area contributed by atoms with Crippen molar-refractivity contribution in [3.63, 3.8) is 0 Å². The number of anilines is 1. The molecule has 2 aromatic carbocycles. The summed E-state index contributed by atoms with van der Waals surface area (Å²) in [6.45, 7) is 12.8. The number of halogens is 3. The van der Waals surface area contributed by atoms with Gasteiger partial charge in [0.2, 0.25) is 5.91 Å². The largest absolute Gasteiger partial charge is 0.416 e. The summed E-state index contributed by atoms with van der Waals surface area (Å²) in [5, 5.41) is 4.05. The highest BCUT2D eigenvalue weighted by atomic mass is 19.4. The summed E-state index contributed by atoms with van der Waals surface area (Å²) >= 11 is 0. The lowest BCUT2D eigenvalue weighted by atomic mass is 9.86. The molecule has 1 N–H and O–H groups in total.